The van der Waals surface area contributed by atoms with Crippen molar-refractivity contribution in [2.75, 3.05) is 0 Å². The Labute approximate surface area is 105 Å². The van der Waals surface area contributed by atoms with Crippen molar-refractivity contribution in [2.24, 2.45) is 0 Å². The summed E-state index contributed by atoms with van der Waals surface area (Å²) in [5.74, 6) is -0.832. The van der Waals surface area contributed by atoms with Gasteiger partial charge in [-0.05, 0) is 49.9 Å². The van der Waals surface area contributed by atoms with E-state index in [9.17, 15) is 4.79 Å². The van der Waals surface area contributed by atoms with Gasteiger partial charge in [0.2, 0.25) is 0 Å². The Hall–Kier alpha value is -0.375. The van der Waals surface area contributed by atoms with E-state index in [1.54, 1.807) is 0 Å². The largest absolute Gasteiger partial charge is 0.478 e. The molecule has 0 spiro atoms. The van der Waals surface area contributed by atoms with E-state index in [4.69, 9.17) is 5.11 Å². The van der Waals surface area contributed by atoms with Gasteiger partial charge in [-0.3, -0.25) is 0 Å². The van der Waals surface area contributed by atoms with Crippen molar-refractivity contribution in [1.82, 2.24) is 0 Å². The average Bonchev–Trinajstić information content (AvgIpc) is 2.01. The van der Waals surface area contributed by atoms with E-state index in [-0.39, 0.29) is 27.7 Å². The molecule has 0 aliphatic rings. The Balaban J connectivity index is 0.00000169. The molecule has 3 heteroatoms. The van der Waals surface area contributed by atoms with Crippen LogP contribution in [-0.2, 0) is 27.7 Å². The first-order valence-electron chi connectivity index (χ1n) is 4.26. The number of carboxylic acids is 1. The quantitative estimate of drug-likeness (QED) is 0.763. The van der Waals surface area contributed by atoms with Crippen molar-refractivity contribution in [3.63, 3.8) is 0 Å². The summed E-state index contributed by atoms with van der Waals surface area (Å²) >= 11 is 0. The first-order chi connectivity index (χ1) is 5.95. The molecule has 14 heavy (non-hydrogen) atoms. The van der Waals surface area contributed by atoms with Crippen LogP contribution in [0.3, 0.4) is 0 Å². The normalized spacial score (nSPS) is 9.43. The number of carboxylic acid groups (broad SMARTS) is 1. The molecular formula is C11H14HgO2. The van der Waals surface area contributed by atoms with Gasteiger partial charge >= 0.3 is 5.97 Å². The van der Waals surface area contributed by atoms with Crippen LogP contribution >= 0.6 is 0 Å². The Morgan fingerprint density at radius 1 is 1.07 bits per heavy atom. The van der Waals surface area contributed by atoms with Crippen molar-refractivity contribution in [1.29, 1.82) is 0 Å². The molecule has 0 amide bonds. The summed E-state index contributed by atoms with van der Waals surface area (Å²) in [5.41, 5.74) is 4.28. The van der Waals surface area contributed by atoms with Crippen LogP contribution in [0.4, 0.5) is 0 Å². The van der Waals surface area contributed by atoms with Gasteiger partial charge in [-0.25, -0.2) is 4.79 Å². The maximum Gasteiger partial charge on any atom is 0.336 e. The minimum atomic E-state index is -0.832. The van der Waals surface area contributed by atoms with Crippen molar-refractivity contribution in [2.45, 2.75) is 27.7 Å². The molecule has 1 aromatic carbocycles. The van der Waals surface area contributed by atoms with Gasteiger partial charge < -0.3 is 5.11 Å². The minimum absolute atomic E-state index is 0. The number of hydrogen-bond acceptors (Lipinski definition) is 1. The molecule has 0 aliphatic heterocycles. The molecule has 72 valence electrons. The van der Waals surface area contributed by atoms with Gasteiger partial charge in [0.25, 0.3) is 0 Å². The third-order valence-electron chi connectivity index (χ3n) is 2.58. The molecule has 0 fully saturated rings. The Morgan fingerprint density at radius 2 is 1.43 bits per heavy atom. The standard InChI is InChI=1S/C11H14O2.Hg/c1-6-5-7(2)9(4)10(8(6)3)11(12)13;/h5H,1-4H3,(H,12,13);. The van der Waals surface area contributed by atoms with Crippen molar-refractivity contribution >= 4 is 5.97 Å². The fourth-order valence-corrected chi connectivity index (χ4v) is 1.54. The molecule has 0 unspecified atom stereocenters. The summed E-state index contributed by atoms with van der Waals surface area (Å²) in [7, 11) is 0. The number of aryl methyl sites for hydroxylation is 2. The van der Waals surface area contributed by atoms with Crippen molar-refractivity contribution in [3.05, 3.63) is 33.9 Å². The van der Waals surface area contributed by atoms with Crippen LogP contribution in [0.5, 0.6) is 0 Å². The first kappa shape index (κ1) is 13.6. The maximum absolute atomic E-state index is 10.9. The summed E-state index contributed by atoms with van der Waals surface area (Å²) in [6.07, 6.45) is 0. The SMILES string of the molecule is Cc1cc(C)c(C)c(C(=O)O)c1C.[Hg]. The van der Waals surface area contributed by atoms with E-state index >= 15 is 0 Å². The summed E-state index contributed by atoms with van der Waals surface area (Å²) in [5, 5.41) is 9.00. The number of rotatable bonds is 1. The summed E-state index contributed by atoms with van der Waals surface area (Å²) in [6, 6.07) is 2.02. The van der Waals surface area contributed by atoms with Crippen LogP contribution in [0.25, 0.3) is 0 Å². The molecule has 0 saturated carbocycles. The topological polar surface area (TPSA) is 37.3 Å². The molecule has 0 heterocycles. The second-order valence-electron chi connectivity index (χ2n) is 3.44. The molecule has 1 aromatic rings. The fraction of sp³-hybridized carbons (Fsp3) is 0.364. The molecule has 0 bridgehead atoms. The summed E-state index contributed by atoms with van der Waals surface area (Å²) < 4.78 is 0. The van der Waals surface area contributed by atoms with Crippen molar-refractivity contribution < 1.29 is 37.6 Å². The second-order valence-corrected chi connectivity index (χ2v) is 3.44. The monoisotopic (exact) mass is 380 g/mol. The van der Waals surface area contributed by atoms with Crippen LogP contribution in [0.1, 0.15) is 32.6 Å². The average molecular weight is 379 g/mol. The third-order valence-corrected chi connectivity index (χ3v) is 2.58. The predicted octanol–water partition coefficient (Wildman–Crippen LogP) is 2.62. The molecule has 0 aromatic heterocycles. The van der Waals surface area contributed by atoms with Gasteiger partial charge in [-0.2, -0.15) is 0 Å². The van der Waals surface area contributed by atoms with Crippen LogP contribution < -0.4 is 0 Å². The second kappa shape index (κ2) is 4.92. The molecule has 2 nitrogen and oxygen atoms in total. The van der Waals surface area contributed by atoms with E-state index in [2.05, 4.69) is 0 Å². The minimum Gasteiger partial charge on any atom is -0.478 e. The maximum atomic E-state index is 10.9. The van der Waals surface area contributed by atoms with Gasteiger partial charge in [0.1, 0.15) is 0 Å². The molecule has 0 atom stereocenters. The first-order valence-corrected chi connectivity index (χ1v) is 4.26. The smallest absolute Gasteiger partial charge is 0.336 e. The van der Waals surface area contributed by atoms with Crippen molar-refractivity contribution in [3.8, 4) is 0 Å². The fourth-order valence-electron chi connectivity index (χ4n) is 1.54. The predicted molar refractivity (Wildman–Crippen MR) is 52.3 cm³/mol. The molecule has 0 aliphatic carbocycles. The van der Waals surface area contributed by atoms with Crippen LogP contribution in [0.2, 0.25) is 0 Å². The molecule has 0 radical (unpaired) electrons. The summed E-state index contributed by atoms with van der Waals surface area (Å²) in [4.78, 5) is 10.9. The van der Waals surface area contributed by atoms with Gasteiger partial charge in [-0.15, -0.1) is 0 Å². The van der Waals surface area contributed by atoms with Gasteiger partial charge in [0.15, 0.2) is 0 Å². The Bertz CT molecular complexity index is 344. The van der Waals surface area contributed by atoms with Gasteiger partial charge in [0, 0.05) is 27.7 Å². The van der Waals surface area contributed by atoms with E-state index < -0.39 is 5.97 Å². The van der Waals surface area contributed by atoms with Gasteiger partial charge in [-0.1, -0.05) is 6.07 Å². The number of benzene rings is 1. The van der Waals surface area contributed by atoms with E-state index in [1.807, 2.05) is 33.8 Å². The van der Waals surface area contributed by atoms with Crippen LogP contribution in [0, 0.1) is 27.7 Å². The third kappa shape index (κ3) is 2.35. The Kier molecular flexibility index (Phi) is 4.79. The van der Waals surface area contributed by atoms with E-state index in [1.165, 1.54) is 0 Å². The van der Waals surface area contributed by atoms with Crippen LogP contribution in [-0.4, -0.2) is 11.1 Å². The van der Waals surface area contributed by atoms with E-state index in [0.717, 1.165) is 22.3 Å². The molecule has 1 N–H and O–H groups in total. The summed E-state index contributed by atoms with van der Waals surface area (Å²) in [6.45, 7) is 7.58. The molecule has 0 saturated heterocycles. The molecule has 1 rings (SSSR count). The number of carbonyl (C=O) groups is 1. The van der Waals surface area contributed by atoms with E-state index in [0.29, 0.717) is 5.56 Å². The molecular weight excluding hydrogens is 365 g/mol. The van der Waals surface area contributed by atoms with Gasteiger partial charge in [0.05, 0.1) is 5.56 Å². The Morgan fingerprint density at radius 3 is 1.71 bits per heavy atom. The number of aromatic carboxylic acids is 1. The zero-order valence-electron chi connectivity index (χ0n) is 9.14. The number of hydrogen-bond donors (Lipinski definition) is 1. The zero-order valence-corrected chi connectivity index (χ0v) is 14.6. The van der Waals surface area contributed by atoms with Crippen LogP contribution in [0.15, 0.2) is 6.07 Å². The zero-order chi connectivity index (χ0) is 10.2.